The number of aromatic hydroxyl groups is 2. The van der Waals surface area contributed by atoms with Crippen LogP contribution in [0.1, 0.15) is 10.4 Å². The number of nitrogens with zero attached hydrogens (tertiary/aromatic N) is 1. The minimum atomic E-state index is -1.14. The van der Waals surface area contributed by atoms with Gasteiger partial charge in [0.25, 0.3) is 0 Å². The van der Waals surface area contributed by atoms with Gasteiger partial charge in [0.05, 0.1) is 11.9 Å². The number of nitrogens with one attached hydrogen (secondary N) is 1. The number of aromatic nitrogens is 2. The maximum Gasteiger partial charge on any atom is 0.339 e. The zero-order chi connectivity index (χ0) is 11.7. The third-order valence-corrected chi connectivity index (χ3v) is 2.12. The zero-order valence-corrected chi connectivity index (χ0v) is 8.01. The molecule has 1 heterocycles. The van der Waals surface area contributed by atoms with Crippen LogP contribution in [0, 0.1) is 0 Å². The van der Waals surface area contributed by atoms with Crippen LogP contribution in [-0.4, -0.2) is 31.5 Å². The van der Waals surface area contributed by atoms with Crippen LogP contribution in [0.3, 0.4) is 0 Å². The number of phenolic OH excluding ortho intramolecular Hbond substituents is 2. The van der Waals surface area contributed by atoms with Crippen LogP contribution >= 0.6 is 0 Å². The Kier molecular flexibility index (Phi) is 2.24. The van der Waals surface area contributed by atoms with Crippen molar-refractivity contribution >= 4 is 5.97 Å². The first-order valence-corrected chi connectivity index (χ1v) is 4.38. The molecule has 0 saturated heterocycles. The Balaban J connectivity index is 2.59. The smallest absolute Gasteiger partial charge is 0.339 e. The van der Waals surface area contributed by atoms with E-state index in [0.29, 0.717) is 0 Å². The van der Waals surface area contributed by atoms with Gasteiger partial charge in [0.2, 0.25) is 0 Å². The predicted octanol–water partition coefficient (Wildman–Crippen LogP) is 1.19. The van der Waals surface area contributed by atoms with Crippen molar-refractivity contribution < 1.29 is 20.1 Å². The first kappa shape index (κ1) is 10.0. The van der Waals surface area contributed by atoms with Crippen molar-refractivity contribution in [2.45, 2.75) is 0 Å². The largest absolute Gasteiger partial charge is 0.508 e. The van der Waals surface area contributed by atoms with E-state index in [1.165, 1.54) is 12.1 Å². The lowest BCUT2D eigenvalue weighted by Crippen LogP contribution is -1.96. The van der Waals surface area contributed by atoms with Gasteiger partial charge in [-0.25, -0.2) is 4.79 Å². The van der Waals surface area contributed by atoms with Crippen LogP contribution in [0.2, 0.25) is 0 Å². The SMILES string of the molecule is O=C(O)c1cn[nH]c1-c1ccc(O)cc1O. The summed E-state index contributed by atoms with van der Waals surface area (Å²) in [6.45, 7) is 0. The summed E-state index contributed by atoms with van der Waals surface area (Å²) < 4.78 is 0. The van der Waals surface area contributed by atoms with E-state index < -0.39 is 5.97 Å². The molecule has 1 aromatic heterocycles. The van der Waals surface area contributed by atoms with Crippen molar-refractivity contribution in [3.05, 3.63) is 30.0 Å². The molecule has 1 aromatic carbocycles. The molecule has 0 amide bonds. The fraction of sp³-hybridized carbons (Fsp3) is 0. The molecule has 0 bridgehead atoms. The molecule has 6 heteroatoms. The number of hydrogen-bond acceptors (Lipinski definition) is 4. The van der Waals surface area contributed by atoms with E-state index in [1.807, 2.05) is 0 Å². The molecule has 6 nitrogen and oxygen atoms in total. The van der Waals surface area contributed by atoms with Gasteiger partial charge < -0.3 is 15.3 Å². The van der Waals surface area contributed by atoms with E-state index >= 15 is 0 Å². The molecule has 0 saturated carbocycles. The quantitative estimate of drug-likeness (QED) is 0.608. The molecule has 0 spiro atoms. The fourth-order valence-corrected chi connectivity index (χ4v) is 1.39. The summed E-state index contributed by atoms with van der Waals surface area (Å²) in [6.07, 6.45) is 1.16. The van der Waals surface area contributed by atoms with E-state index in [-0.39, 0.29) is 28.3 Å². The van der Waals surface area contributed by atoms with Gasteiger partial charge in [0.15, 0.2) is 0 Å². The normalized spacial score (nSPS) is 10.2. The zero-order valence-electron chi connectivity index (χ0n) is 8.01. The van der Waals surface area contributed by atoms with Crippen LogP contribution in [-0.2, 0) is 0 Å². The topological polar surface area (TPSA) is 106 Å². The first-order valence-electron chi connectivity index (χ1n) is 4.38. The summed E-state index contributed by atoms with van der Waals surface area (Å²) in [4.78, 5) is 10.8. The molecule has 0 radical (unpaired) electrons. The molecule has 2 aromatic rings. The average Bonchev–Trinajstić information content (AvgIpc) is 2.66. The second kappa shape index (κ2) is 3.58. The van der Waals surface area contributed by atoms with Crippen molar-refractivity contribution in [1.82, 2.24) is 10.2 Å². The Hall–Kier alpha value is -2.50. The highest BCUT2D eigenvalue weighted by molar-refractivity contribution is 5.95. The Labute approximate surface area is 89.8 Å². The van der Waals surface area contributed by atoms with Gasteiger partial charge in [-0.1, -0.05) is 0 Å². The number of carbonyl (C=O) groups is 1. The molecule has 0 unspecified atom stereocenters. The van der Waals surface area contributed by atoms with Gasteiger partial charge in [-0.2, -0.15) is 5.10 Å². The lowest BCUT2D eigenvalue weighted by atomic mass is 10.1. The molecule has 4 N–H and O–H groups in total. The number of rotatable bonds is 2. The summed E-state index contributed by atoms with van der Waals surface area (Å²) in [5.41, 5.74) is 0.429. The van der Waals surface area contributed by atoms with Crippen LogP contribution in [0.5, 0.6) is 11.5 Å². The molecule has 0 aliphatic rings. The van der Waals surface area contributed by atoms with Gasteiger partial charge in [-0.05, 0) is 12.1 Å². The fourth-order valence-electron chi connectivity index (χ4n) is 1.39. The van der Waals surface area contributed by atoms with Crippen molar-refractivity contribution in [3.8, 4) is 22.8 Å². The Bertz CT molecular complexity index is 548. The molecule has 0 atom stereocenters. The Morgan fingerprint density at radius 3 is 2.69 bits per heavy atom. The molecular formula is C10H8N2O4. The summed E-state index contributed by atoms with van der Waals surface area (Å²) >= 11 is 0. The maximum absolute atomic E-state index is 10.8. The summed E-state index contributed by atoms with van der Waals surface area (Å²) in [7, 11) is 0. The highest BCUT2D eigenvalue weighted by atomic mass is 16.4. The second-order valence-corrected chi connectivity index (χ2v) is 3.17. The van der Waals surface area contributed by atoms with Crippen LogP contribution in [0.4, 0.5) is 0 Å². The first-order chi connectivity index (χ1) is 7.59. The van der Waals surface area contributed by atoms with Gasteiger partial charge in [0, 0.05) is 11.6 Å². The van der Waals surface area contributed by atoms with Crippen LogP contribution < -0.4 is 0 Å². The molecule has 0 fully saturated rings. The number of H-pyrrole nitrogens is 1. The molecule has 2 rings (SSSR count). The van der Waals surface area contributed by atoms with Crippen molar-refractivity contribution in [3.63, 3.8) is 0 Å². The van der Waals surface area contributed by atoms with Crippen molar-refractivity contribution in [1.29, 1.82) is 0 Å². The Morgan fingerprint density at radius 1 is 1.31 bits per heavy atom. The summed E-state index contributed by atoms with van der Waals surface area (Å²) in [5.74, 6) is -1.46. The van der Waals surface area contributed by atoms with Gasteiger partial charge >= 0.3 is 5.97 Å². The Morgan fingerprint density at radius 2 is 2.06 bits per heavy atom. The molecule has 0 aliphatic carbocycles. The number of aromatic amines is 1. The number of carboxylic acid groups (broad SMARTS) is 1. The van der Waals surface area contributed by atoms with E-state index in [0.717, 1.165) is 12.3 Å². The maximum atomic E-state index is 10.8. The second-order valence-electron chi connectivity index (χ2n) is 3.17. The lowest BCUT2D eigenvalue weighted by molar-refractivity contribution is 0.0698. The highest BCUT2D eigenvalue weighted by Crippen LogP contribution is 2.32. The van der Waals surface area contributed by atoms with Gasteiger partial charge in [-0.15, -0.1) is 0 Å². The van der Waals surface area contributed by atoms with E-state index in [2.05, 4.69) is 10.2 Å². The predicted molar refractivity (Wildman–Crippen MR) is 54.3 cm³/mol. The summed E-state index contributed by atoms with van der Waals surface area (Å²) in [5, 5.41) is 33.6. The van der Waals surface area contributed by atoms with E-state index in [1.54, 1.807) is 0 Å². The number of benzene rings is 1. The minimum Gasteiger partial charge on any atom is -0.508 e. The van der Waals surface area contributed by atoms with Crippen LogP contribution in [0.25, 0.3) is 11.3 Å². The molecular weight excluding hydrogens is 212 g/mol. The average molecular weight is 220 g/mol. The lowest BCUT2D eigenvalue weighted by Gasteiger charge is -2.03. The number of hydrogen-bond donors (Lipinski definition) is 4. The van der Waals surface area contributed by atoms with Crippen molar-refractivity contribution in [2.75, 3.05) is 0 Å². The highest BCUT2D eigenvalue weighted by Gasteiger charge is 2.16. The number of phenols is 2. The standard InChI is InChI=1S/C10H8N2O4/c13-5-1-2-6(8(14)3-5)9-7(10(15)16)4-11-12-9/h1-4,13-14H,(H,11,12)(H,15,16). The molecule has 16 heavy (non-hydrogen) atoms. The number of aromatic carboxylic acids is 1. The third-order valence-electron chi connectivity index (χ3n) is 2.12. The third kappa shape index (κ3) is 1.56. The monoisotopic (exact) mass is 220 g/mol. The van der Waals surface area contributed by atoms with E-state index in [4.69, 9.17) is 10.2 Å². The number of carboxylic acids is 1. The minimum absolute atomic E-state index is 0.0408. The van der Waals surface area contributed by atoms with Gasteiger partial charge in [0.1, 0.15) is 17.1 Å². The van der Waals surface area contributed by atoms with Gasteiger partial charge in [-0.3, -0.25) is 5.10 Å². The van der Waals surface area contributed by atoms with Crippen LogP contribution in [0.15, 0.2) is 24.4 Å². The summed E-state index contributed by atoms with van der Waals surface area (Å²) in [6, 6.07) is 3.88. The molecule has 0 aliphatic heterocycles. The molecule has 82 valence electrons. The van der Waals surface area contributed by atoms with Crippen molar-refractivity contribution in [2.24, 2.45) is 0 Å². The van der Waals surface area contributed by atoms with E-state index in [9.17, 15) is 9.90 Å².